The van der Waals surface area contributed by atoms with E-state index < -0.39 is 11.6 Å². The average molecular weight is 192 g/mol. The molecule has 0 atom stereocenters. The van der Waals surface area contributed by atoms with Crippen LogP contribution in [-0.2, 0) is 0 Å². The fraction of sp³-hybridized carbons (Fsp3) is 0. The third kappa shape index (κ3) is 1.46. The summed E-state index contributed by atoms with van der Waals surface area (Å²) in [5.74, 6) is -1.20. The first-order chi connectivity index (χ1) is 6.79. The summed E-state index contributed by atoms with van der Waals surface area (Å²) in [6.45, 7) is 0. The molecular formula is C10H6F2N2. The van der Waals surface area contributed by atoms with Gasteiger partial charge in [-0.3, -0.25) is 0 Å². The lowest BCUT2D eigenvalue weighted by Gasteiger charge is -2.02. The zero-order chi connectivity index (χ0) is 9.97. The highest BCUT2D eigenvalue weighted by Gasteiger charge is 2.10. The lowest BCUT2D eigenvalue weighted by molar-refractivity contribution is 0.589. The first-order valence-corrected chi connectivity index (χ1v) is 4.00. The number of hydrogen-bond acceptors (Lipinski definition) is 2. The highest BCUT2D eigenvalue weighted by molar-refractivity contribution is 5.63. The summed E-state index contributed by atoms with van der Waals surface area (Å²) in [4.78, 5) is 0. The molecule has 2 rings (SSSR count). The van der Waals surface area contributed by atoms with Crippen molar-refractivity contribution in [2.45, 2.75) is 0 Å². The van der Waals surface area contributed by atoms with Gasteiger partial charge in [0, 0.05) is 5.56 Å². The van der Waals surface area contributed by atoms with Crippen LogP contribution < -0.4 is 0 Å². The molecule has 1 aromatic carbocycles. The summed E-state index contributed by atoms with van der Waals surface area (Å²) in [7, 11) is 0. The van der Waals surface area contributed by atoms with Crippen LogP contribution in [0.2, 0.25) is 0 Å². The van der Waals surface area contributed by atoms with Crippen molar-refractivity contribution < 1.29 is 8.78 Å². The molecule has 0 saturated heterocycles. The van der Waals surface area contributed by atoms with Crippen LogP contribution in [0.15, 0.2) is 36.7 Å². The molecule has 1 aromatic heterocycles. The molecule has 4 heteroatoms. The van der Waals surface area contributed by atoms with Gasteiger partial charge in [0.1, 0.15) is 11.6 Å². The van der Waals surface area contributed by atoms with Gasteiger partial charge in [0.2, 0.25) is 0 Å². The summed E-state index contributed by atoms with van der Waals surface area (Å²) < 4.78 is 26.5. The third-order valence-corrected chi connectivity index (χ3v) is 1.84. The summed E-state index contributed by atoms with van der Waals surface area (Å²) >= 11 is 0. The number of halogens is 2. The first kappa shape index (κ1) is 8.74. The largest absolute Gasteiger partial charge is 0.206 e. The minimum absolute atomic E-state index is 0.0672. The summed E-state index contributed by atoms with van der Waals surface area (Å²) in [5.41, 5.74) is 0.318. The second kappa shape index (κ2) is 3.49. The summed E-state index contributed by atoms with van der Waals surface area (Å²) in [5, 5.41) is 7.10. The molecule has 0 fully saturated rings. The quantitative estimate of drug-likeness (QED) is 0.693. The molecule has 0 aliphatic heterocycles. The molecule has 0 unspecified atom stereocenters. The van der Waals surface area contributed by atoms with E-state index in [1.54, 1.807) is 0 Å². The van der Waals surface area contributed by atoms with Crippen LogP contribution in [0.25, 0.3) is 11.1 Å². The number of rotatable bonds is 1. The van der Waals surface area contributed by atoms with Gasteiger partial charge in [0.05, 0.1) is 18.0 Å². The van der Waals surface area contributed by atoms with E-state index in [1.807, 2.05) is 0 Å². The highest BCUT2D eigenvalue weighted by Crippen LogP contribution is 2.24. The lowest BCUT2D eigenvalue weighted by atomic mass is 10.1. The maximum Gasteiger partial charge on any atom is 0.134 e. The Morgan fingerprint density at radius 3 is 2.21 bits per heavy atom. The number of benzene rings is 1. The molecule has 0 bridgehead atoms. The Hall–Kier alpha value is -1.84. The van der Waals surface area contributed by atoms with Gasteiger partial charge in [-0.05, 0) is 18.2 Å². The molecule has 0 aliphatic rings. The standard InChI is InChI=1S/C10H6F2N2/c11-8-2-1-3-9(12)10(8)7-4-5-13-14-6-7/h1-6H. The Morgan fingerprint density at radius 2 is 1.64 bits per heavy atom. The van der Waals surface area contributed by atoms with Crippen molar-refractivity contribution >= 4 is 0 Å². The maximum atomic E-state index is 13.2. The number of aromatic nitrogens is 2. The average Bonchev–Trinajstić information content (AvgIpc) is 2.19. The van der Waals surface area contributed by atoms with Crippen LogP contribution >= 0.6 is 0 Å². The van der Waals surface area contributed by atoms with Gasteiger partial charge in [0.25, 0.3) is 0 Å². The van der Waals surface area contributed by atoms with Gasteiger partial charge < -0.3 is 0 Å². The van der Waals surface area contributed by atoms with Crippen LogP contribution in [0, 0.1) is 11.6 Å². The SMILES string of the molecule is Fc1cccc(F)c1-c1ccnnc1. The molecule has 2 aromatic rings. The monoisotopic (exact) mass is 192 g/mol. The first-order valence-electron chi connectivity index (χ1n) is 4.00. The van der Waals surface area contributed by atoms with Gasteiger partial charge in [-0.2, -0.15) is 10.2 Å². The van der Waals surface area contributed by atoms with Crippen molar-refractivity contribution in [3.63, 3.8) is 0 Å². The number of hydrogen-bond donors (Lipinski definition) is 0. The van der Waals surface area contributed by atoms with E-state index in [1.165, 1.54) is 36.7 Å². The molecule has 0 amide bonds. The zero-order valence-corrected chi connectivity index (χ0v) is 7.11. The van der Waals surface area contributed by atoms with Crippen molar-refractivity contribution in [3.05, 3.63) is 48.3 Å². The van der Waals surface area contributed by atoms with E-state index >= 15 is 0 Å². The van der Waals surface area contributed by atoms with Gasteiger partial charge in [-0.1, -0.05) is 6.07 Å². The molecule has 0 saturated carbocycles. The van der Waals surface area contributed by atoms with Crippen molar-refractivity contribution in [3.8, 4) is 11.1 Å². The summed E-state index contributed by atoms with van der Waals surface area (Å²) in [6, 6.07) is 5.25. The topological polar surface area (TPSA) is 25.8 Å². The van der Waals surface area contributed by atoms with Crippen LogP contribution in [0.5, 0.6) is 0 Å². The van der Waals surface area contributed by atoms with Crippen LogP contribution in [0.1, 0.15) is 0 Å². The zero-order valence-electron chi connectivity index (χ0n) is 7.11. The highest BCUT2D eigenvalue weighted by atomic mass is 19.1. The van der Waals surface area contributed by atoms with E-state index in [0.717, 1.165) is 0 Å². The van der Waals surface area contributed by atoms with Gasteiger partial charge in [-0.15, -0.1) is 0 Å². The second-order valence-electron chi connectivity index (χ2n) is 2.73. The molecule has 0 N–H and O–H groups in total. The Bertz CT molecular complexity index is 423. The predicted molar refractivity (Wildman–Crippen MR) is 47.4 cm³/mol. The molecule has 2 nitrogen and oxygen atoms in total. The normalized spacial score (nSPS) is 10.1. The van der Waals surface area contributed by atoms with E-state index in [4.69, 9.17) is 0 Å². The Morgan fingerprint density at radius 1 is 0.929 bits per heavy atom. The minimum atomic E-state index is -0.599. The molecule has 70 valence electrons. The molecule has 14 heavy (non-hydrogen) atoms. The van der Waals surface area contributed by atoms with Gasteiger partial charge in [-0.25, -0.2) is 8.78 Å². The molecule has 0 aliphatic carbocycles. The Balaban J connectivity index is 2.63. The smallest absolute Gasteiger partial charge is 0.134 e. The predicted octanol–water partition coefficient (Wildman–Crippen LogP) is 2.42. The van der Waals surface area contributed by atoms with E-state index in [9.17, 15) is 8.78 Å². The fourth-order valence-corrected chi connectivity index (χ4v) is 1.21. The van der Waals surface area contributed by atoms with E-state index in [2.05, 4.69) is 10.2 Å². The van der Waals surface area contributed by atoms with Crippen molar-refractivity contribution in [2.24, 2.45) is 0 Å². The molecule has 1 heterocycles. The molecule has 0 radical (unpaired) electrons. The van der Waals surface area contributed by atoms with Crippen molar-refractivity contribution in [1.29, 1.82) is 0 Å². The van der Waals surface area contributed by atoms with Crippen LogP contribution in [0.4, 0.5) is 8.78 Å². The van der Waals surface area contributed by atoms with Crippen LogP contribution in [0.3, 0.4) is 0 Å². The van der Waals surface area contributed by atoms with E-state index in [-0.39, 0.29) is 5.56 Å². The summed E-state index contributed by atoms with van der Waals surface area (Å²) in [6.07, 6.45) is 2.71. The third-order valence-electron chi connectivity index (χ3n) is 1.84. The van der Waals surface area contributed by atoms with Gasteiger partial charge in [0.15, 0.2) is 0 Å². The lowest BCUT2D eigenvalue weighted by Crippen LogP contribution is -1.90. The van der Waals surface area contributed by atoms with Crippen molar-refractivity contribution in [2.75, 3.05) is 0 Å². The second-order valence-corrected chi connectivity index (χ2v) is 2.73. The molecule has 0 spiro atoms. The van der Waals surface area contributed by atoms with Crippen molar-refractivity contribution in [1.82, 2.24) is 10.2 Å². The number of nitrogens with zero attached hydrogens (tertiary/aromatic N) is 2. The minimum Gasteiger partial charge on any atom is -0.206 e. The Kier molecular flexibility index (Phi) is 2.18. The van der Waals surface area contributed by atoms with E-state index in [0.29, 0.717) is 5.56 Å². The van der Waals surface area contributed by atoms with Gasteiger partial charge >= 0.3 is 0 Å². The maximum absolute atomic E-state index is 13.2. The fourth-order valence-electron chi connectivity index (χ4n) is 1.21. The Labute approximate surface area is 79.2 Å². The molecular weight excluding hydrogens is 186 g/mol. The van der Waals surface area contributed by atoms with Crippen LogP contribution in [-0.4, -0.2) is 10.2 Å².